The maximum absolute atomic E-state index is 4.24. The van der Waals surface area contributed by atoms with Gasteiger partial charge in [-0.1, -0.05) is 0 Å². The van der Waals surface area contributed by atoms with Gasteiger partial charge in [0.1, 0.15) is 18.0 Å². The van der Waals surface area contributed by atoms with Gasteiger partial charge in [-0.2, -0.15) is 11.3 Å². The zero-order chi connectivity index (χ0) is 11.4. The van der Waals surface area contributed by atoms with Crippen LogP contribution in [0.4, 0.5) is 17.3 Å². The first kappa shape index (κ1) is 10.9. The number of anilines is 3. The minimum Gasteiger partial charge on any atom is -0.370 e. The molecule has 84 valence electrons. The fourth-order valence-electron chi connectivity index (χ4n) is 1.39. The molecule has 0 saturated heterocycles. The van der Waals surface area contributed by atoms with Crippen LogP contribution in [0.1, 0.15) is 12.5 Å². The Labute approximate surface area is 98.8 Å². The van der Waals surface area contributed by atoms with E-state index in [4.69, 9.17) is 0 Å². The Balaban J connectivity index is 2.24. The summed E-state index contributed by atoms with van der Waals surface area (Å²) in [4.78, 5) is 8.44. The predicted octanol–water partition coefficient (Wildman–Crippen LogP) is 3.02. The highest BCUT2D eigenvalue weighted by molar-refractivity contribution is 7.08. The molecule has 4 nitrogen and oxygen atoms in total. The lowest BCUT2D eigenvalue weighted by Crippen LogP contribution is -2.05. The molecule has 0 aliphatic rings. The first-order chi connectivity index (χ1) is 7.81. The van der Waals surface area contributed by atoms with Crippen LogP contribution in [0.2, 0.25) is 0 Å². The highest BCUT2D eigenvalue weighted by Gasteiger charge is 2.06. The van der Waals surface area contributed by atoms with Gasteiger partial charge in [-0.25, -0.2) is 9.97 Å². The van der Waals surface area contributed by atoms with E-state index in [1.54, 1.807) is 17.7 Å². The van der Waals surface area contributed by atoms with Crippen molar-refractivity contribution in [2.75, 3.05) is 17.2 Å². The summed E-state index contributed by atoms with van der Waals surface area (Å²) in [6.45, 7) is 4.91. The Morgan fingerprint density at radius 1 is 1.31 bits per heavy atom. The molecule has 2 aromatic heterocycles. The molecular weight excluding hydrogens is 220 g/mol. The van der Waals surface area contributed by atoms with Crippen LogP contribution in [-0.2, 0) is 0 Å². The largest absolute Gasteiger partial charge is 0.370 e. The van der Waals surface area contributed by atoms with Crippen molar-refractivity contribution in [2.24, 2.45) is 0 Å². The lowest BCUT2D eigenvalue weighted by molar-refractivity contribution is 1.09. The minimum absolute atomic E-state index is 0.851. The van der Waals surface area contributed by atoms with E-state index in [1.165, 1.54) is 0 Å². The molecule has 5 heteroatoms. The van der Waals surface area contributed by atoms with Crippen molar-refractivity contribution in [1.29, 1.82) is 0 Å². The average molecular weight is 234 g/mol. The van der Waals surface area contributed by atoms with Crippen LogP contribution in [0.3, 0.4) is 0 Å². The molecule has 2 rings (SSSR count). The lowest BCUT2D eigenvalue weighted by atomic mass is 10.3. The summed E-state index contributed by atoms with van der Waals surface area (Å²) < 4.78 is 0. The first-order valence-electron chi connectivity index (χ1n) is 5.16. The fraction of sp³-hybridized carbons (Fsp3) is 0.273. The van der Waals surface area contributed by atoms with E-state index >= 15 is 0 Å². The maximum Gasteiger partial charge on any atom is 0.138 e. The van der Waals surface area contributed by atoms with Crippen molar-refractivity contribution in [3.8, 4) is 0 Å². The minimum atomic E-state index is 0.851. The van der Waals surface area contributed by atoms with Gasteiger partial charge in [0.05, 0.1) is 5.69 Å². The molecule has 0 aliphatic heterocycles. The normalized spacial score (nSPS) is 10.1. The van der Waals surface area contributed by atoms with E-state index in [0.29, 0.717) is 0 Å². The van der Waals surface area contributed by atoms with Gasteiger partial charge in [-0.15, -0.1) is 0 Å². The van der Waals surface area contributed by atoms with Crippen LogP contribution in [0.25, 0.3) is 0 Å². The molecule has 0 atom stereocenters. The fourth-order valence-corrected chi connectivity index (χ4v) is 1.98. The molecule has 2 aromatic rings. The van der Waals surface area contributed by atoms with Crippen molar-refractivity contribution in [2.45, 2.75) is 13.8 Å². The number of rotatable bonds is 4. The van der Waals surface area contributed by atoms with E-state index in [9.17, 15) is 0 Å². The Hall–Kier alpha value is -1.62. The summed E-state index contributed by atoms with van der Waals surface area (Å²) in [6.07, 6.45) is 1.57. The van der Waals surface area contributed by atoms with Crippen molar-refractivity contribution in [1.82, 2.24) is 9.97 Å². The average Bonchev–Trinajstić information content (AvgIpc) is 2.77. The van der Waals surface area contributed by atoms with Crippen LogP contribution in [-0.4, -0.2) is 16.5 Å². The van der Waals surface area contributed by atoms with Crippen molar-refractivity contribution < 1.29 is 0 Å². The second kappa shape index (κ2) is 4.94. The van der Waals surface area contributed by atoms with Crippen molar-refractivity contribution >= 4 is 28.7 Å². The van der Waals surface area contributed by atoms with E-state index in [-0.39, 0.29) is 0 Å². The number of hydrogen-bond donors (Lipinski definition) is 2. The first-order valence-corrected chi connectivity index (χ1v) is 6.10. The number of nitrogens with one attached hydrogen (secondary N) is 2. The summed E-state index contributed by atoms with van der Waals surface area (Å²) in [5, 5.41) is 10.6. The summed E-state index contributed by atoms with van der Waals surface area (Å²) >= 11 is 1.66. The Bertz CT molecular complexity index is 453. The second-order valence-electron chi connectivity index (χ2n) is 3.36. The number of thiophene rings is 1. The molecule has 0 amide bonds. The third kappa shape index (κ3) is 2.30. The van der Waals surface area contributed by atoms with Gasteiger partial charge in [0.15, 0.2) is 0 Å². The second-order valence-corrected chi connectivity index (χ2v) is 4.14. The number of aromatic nitrogens is 2. The molecule has 0 radical (unpaired) electrons. The van der Waals surface area contributed by atoms with E-state index in [1.807, 2.05) is 25.3 Å². The maximum atomic E-state index is 4.24. The lowest BCUT2D eigenvalue weighted by Gasteiger charge is -2.10. The third-order valence-corrected chi connectivity index (χ3v) is 2.90. The van der Waals surface area contributed by atoms with Gasteiger partial charge in [-0.05, 0) is 25.3 Å². The molecule has 2 N–H and O–H groups in total. The van der Waals surface area contributed by atoms with E-state index < -0.39 is 0 Å². The van der Waals surface area contributed by atoms with Gasteiger partial charge < -0.3 is 10.6 Å². The summed E-state index contributed by atoms with van der Waals surface area (Å²) in [7, 11) is 0. The van der Waals surface area contributed by atoms with Crippen LogP contribution >= 0.6 is 11.3 Å². The molecule has 0 unspecified atom stereocenters. The molecule has 0 spiro atoms. The summed E-state index contributed by atoms with van der Waals surface area (Å²) in [5.74, 6) is 1.74. The van der Waals surface area contributed by atoms with Gasteiger partial charge in [-0.3, -0.25) is 0 Å². The molecule has 0 bridgehead atoms. The standard InChI is InChI=1S/C11H14N4S/c1-3-12-10-8(2)11(14-7-13-10)15-9-4-5-16-6-9/h4-7H,3H2,1-2H3,(H2,12,13,14,15). The zero-order valence-corrected chi connectivity index (χ0v) is 10.1. The highest BCUT2D eigenvalue weighted by atomic mass is 32.1. The van der Waals surface area contributed by atoms with Crippen LogP contribution in [0, 0.1) is 6.92 Å². The zero-order valence-electron chi connectivity index (χ0n) is 9.32. The molecular formula is C11H14N4S. The van der Waals surface area contributed by atoms with Crippen LogP contribution in [0.15, 0.2) is 23.2 Å². The van der Waals surface area contributed by atoms with Gasteiger partial charge in [0.2, 0.25) is 0 Å². The quantitative estimate of drug-likeness (QED) is 0.853. The Kier molecular flexibility index (Phi) is 3.36. The predicted molar refractivity (Wildman–Crippen MR) is 68.5 cm³/mol. The highest BCUT2D eigenvalue weighted by Crippen LogP contribution is 2.23. The topological polar surface area (TPSA) is 49.8 Å². The number of nitrogens with zero attached hydrogens (tertiary/aromatic N) is 2. The summed E-state index contributed by atoms with van der Waals surface area (Å²) in [5.41, 5.74) is 2.10. The molecule has 0 aromatic carbocycles. The SMILES string of the molecule is CCNc1ncnc(Nc2ccsc2)c1C. The van der Waals surface area contributed by atoms with Gasteiger partial charge in [0, 0.05) is 17.5 Å². The summed E-state index contributed by atoms with van der Waals surface area (Å²) in [6, 6.07) is 2.03. The molecule has 0 aliphatic carbocycles. The molecule has 0 saturated carbocycles. The van der Waals surface area contributed by atoms with Crippen molar-refractivity contribution in [3.05, 3.63) is 28.7 Å². The Morgan fingerprint density at radius 2 is 2.12 bits per heavy atom. The molecule has 16 heavy (non-hydrogen) atoms. The molecule has 2 heterocycles. The van der Waals surface area contributed by atoms with Gasteiger partial charge in [0.25, 0.3) is 0 Å². The van der Waals surface area contributed by atoms with Crippen LogP contribution < -0.4 is 10.6 Å². The Morgan fingerprint density at radius 3 is 2.81 bits per heavy atom. The molecule has 0 fully saturated rings. The van der Waals surface area contributed by atoms with E-state index in [0.717, 1.165) is 29.4 Å². The van der Waals surface area contributed by atoms with E-state index in [2.05, 4.69) is 26.0 Å². The smallest absolute Gasteiger partial charge is 0.138 e. The number of hydrogen-bond acceptors (Lipinski definition) is 5. The van der Waals surface area contributed by atoms with Crippen molar-refractivity contribution in [3.63, 3.8) is 0 Å². The third-order valence-electron chi connectivity index (χ3n) is 2.21. The monoisotopic (exact) mass is 234 g/mol. The van der Waals surface area contributed by atoms with Crippen LogP contribution in [0.5, 0.6) is 0 Å². The van der Waals surface area contributed by atoms with Gasteiger partial charge >= 0.3 is 0 Å².